The Hall–Kier alpha value is -3.49. The van der Waals surface area contributed by atoms with E-state index in [1.165, 1.54) is 28.4 Å². The highest BCUT2D eigenvalue weighted by atomic mass is 16.5. The molecule has 1 aliphatic heterocycles. The van der Waals surface area contributed by atoms with Gasteiger partial charge >= 0.3 is 11.9 Å². The van der Waals surface area contributed by atoms with Crippen molar-refractivity contribution in [3.8, 4) is 17.2 Å². The van der Waals surface area contributed by atoms with Gasteiger partial charge in [0, 0.05) is 28.6 Å². The minimum atomic E-state index is -0.991. The Morgan fingerprint density at radius 2 is 1.60 bits per heavy atom. The summed E-state index contributed by atoms with van der Waals surface area (Å²) < 4.78 is 27.1. The van der Waals surface area contributed by atoms with Gasteiger partial charge in [0.25, 0.3) is 0 Å². The van der Waals surface area contributed by atoms with E-state index in [4.69, 9.17) is 23.7 Å². The highest BCUT2D eigenvalue weighted by molar-refractivity contribution is 6.12. The molecule has 190 valence electrons. The molecule has 9 nitrogen and oxygen atoms in total. The van der Waals surface area contributed by atoms with Crippen molar-refractivity contribution >= 4 is 17.7 Å². The number of allylic oxidation sites excluding steroid dienone is 3. The van der Waals surface area contributed by atoms with Crippen LogP contribution in [0.1, 0.15) is 45.6 Å². The van der Waals surface area contributed by atoms with Gasteiger partial charge in [0.05, 0.1) is 46.0 Å². The van der Waals surface area contributed by atoms with Gasteiger partial charge in [0.2, 0.25) is 0 Å². The Balaban J connectivity index is 2.32. The van der Waals surface area contributed by atoms with Crippen LogP contribution in [0.4, 0.5) is 0 Å². The van der Waals surface area contributed by atoms with Crippen LogP contribution >= 0.6 is 0 Å². The van der Waals surface area contributed by atoms with Crippen LogP contribution in [0.3, 0.4) is 0 Å². The number of Topliss-reactive ketones (excluding diaryl/α,β-unsaturated/α-hetero) is 1. The molecule has 0 spiro atoms. The molecule has 35 heavy (non-hydrogen) atoms. The van der Waals surface area contributed by atoms with Crippen molar-refractivity contribution in [2.45, 2.75) is 46.1 Å². The van der Waals surface area contributed by atoms with E-state index >= 15 is 0 Å². The molecule has 1 N–H and O–H groups in total. The van der Waals surface area contributed by atoms with Gasteiger partial charge in [0.1, 0.15) is 11.7 Å². The topological polar surface area (TPSA) is 109 Å². The number of benzene rings is 1. The van der Waals surface area contributed by atoms with E-state index in [9.17, 15) is 14.4 Å². The molecule has 0 saturated heterocycles. The molecule has 0 saturated carbocycles. The maximum Gasteiger partial charge on any atom is 0.337 e. The summed E-state index contributed by atoms with van der Waals surface area (Å²) in [5.74, 6) is -2.49. The molecule has 1 heterocycles. The van der Waals surface area contributed by atoms with Gasteiger partial charge in [-0.1, -0.05) is 6.92 Å². The summed E-state index contributed by atoms with van der Waals surface area (Å²) in [5, 5.41) is 3.24. The van der Waals surface area contributed by atoms with Crippen molar-refractivity contribution < 1.29 is 38.1 Å². The van der Waals surface area contributed by atoms with Crippen molar-refractivity contribution in [2.75, 3.05) is 28.4 Å². The number of hydrogen-bond acceptors (Lipinski definition) is 9. The fraction of sp³-hybridized carbons (Fsp3) is 0.500. The van der Waals surface area contributed by atoms with Crippen LogP contribution in [0, 0.1) is 11.8 Å². The molecular weight excluding hydrogens is 454 g/mol. The van der Waals surface area contributed by atoms with Crippen LogP contribution in [0.15, 0.2) is 34.7 Å². The number of ether oxygens (including phenoxy) is 5. The number of nitrogens with one attached hydrogen (secondary N) is 1. The third kappa shape index (κ3) is 4.72. The van der Waals surface area contributed by atoms with E-state index in [0.717, 1.165) is 0 Å². The monoisotopic (exact) mass is 487 g/mol. The average Bonchev–Trinajstić information content (AvgIpc) is 2.81. The largest absolute Gasteiger partial charge is 0.496 e. The second-order valence-electron chi connectivity index (χ2n) is 8.94. The Bertz CT molecular complexity index is 1100. The Labute approximate surface area is 205 Å². The number of dihydropyridines is 1. The lowest BCUT2D eigenvalue weighted by molar-refractivity contribution is -0.151. The SMILES string of the molecule is COC(=O)C1C(=O)C2=C(CC1C)NC(C)=C(C(=O)OC(C)C)C2c1cc(OC)c(OC)cc1OC. The standard InChI is InChI=1S/C26H33NO8/c1-12(2)35-26(30)21-14(4)27-16-9-13(3)20(25(29)34-8)24(28)23(16)22(21)15-10-18(32-6)19(33-7)11-17(15)31-5/h10-13,20,22,27H,9H2,1-8H3. The maximum absolute atomic E-state index is 13.9. The lowest BCUT2D eigenvalue weighted by Crippen LogP contribution is -2.43. The van der Waals surface area contributed by atoms with Gasteiger partial charge in [-0.2, -0.15) is 0 Å². The number of methoxy groups -OCH3 is 4. The second-order valence-corrected chi connectivity index (χ2v) is 8.94. The van der Waals surface area contributed by atoms with Gasteiger partial charge in [-0.15, -0.1) is 0 Å². The minimum Gasteiger partial charge on any atom is -0.496 e. The fourth-order valence-electron chi connectivity index (χ4n) is 4.82. The van der Waals surface area contributed by atoms with E-state index in [1.807, 2.05) is 6.92 Å². The number of carbonyl (C=O) groups is 3. The highest BCUT2D eigenvalue weighted by Crippen LogP contribution is 2.49. The smallest absolute Gasteiger partial charge is 0.337 e. The molecule has 0 bridgehead atoms. The molecule has 1 aromatic carbocycles. The van der Waals surface area contributed by atoms with Gasteiger partial charge in [-0.25, -0.2) is 4.79 Å². The first kappa shape index (κ1) is 26.1. The van der Waals surface area contributed by atoms with Crippen LogP contribution < -0.4 is 19.5 Å². The zero-order valence-corrected chi connectivity index (χ0v) is 21.4. The fourth-order valence-corrected chi connectivity index (χ4v) is 4.82. The van der Waals surface area contributed by atoms with Crippen LogP contribution in [0.2, 0.25) is 0 Å². The van der Waals surface area contributed by atoms with Gasteiger partial charge in [-0.3, -0.25) is 9.59 Å². The number of carbonyl (C=O) groups excluding carboxylic acids is 3. The Morgan fingerprint density at radius 1 is 1.00 bits per heavy atom. The molecular formula is C26H33NO8. The molecule has 9 heteroatoms. The number of rotatable bonds is 7. The summed E-state index contributed by atoms with van der Waals surface area (Å²) in [6.45, 7) is 7.10. The second kappa shape index (κ2) is 10.4. The van der Waals surface area contributed by atoms with Crippen molar-refractivity contribution in [3.63, 3.8) is 0 Å². The van der Waals surface area contributed by atoms with E-state index in [1.54, 1.807) is 32.9 Å². The lowest BCUT2D eigenvalue weighted by atomic mass is 9.69. The van der Waals surface area contributed by atoms with Crippen LogP contribution in [0.5, 0.6) is 17.2 Å². The van der Waals surface area contributed by atoms with Crippen LogP contribution in [-0.2, 0) is 23.9 Å². The summed E-state index contributed by atoms with van der Waals surface area (Å²) in [5.41, 5.74) is 2.30. The molecule has 2 aliphatic rings. The normalized spacial score (nSPS) is 21.9. The van der Waals surface area contributed by atoms with E-state index < -0.39 is 29.6 Å². The first-order valence-corrected chi connectivity index (χ1v) is 11.4. The maximum atomic E-state index is 13.9. The van der Waals surface area contributed by atoms with Gasteiger partial charge in [0.15, 0.2) is 17.3 Å². The molecule has 0 fully saturated rings. The highest BCUT2D eigenvalue weighted by Gasteiger charge is 2.48. The first-order valence-electron chi connectivity index (χ1n) is 11.4. The summed E-state index contributed by atoms with van der Waals surface area (Å²) in [6, 6.07) is 3.33. The Kier molecular flexibility index (Phi) is 7.77. The summed E-state index contributed by atoms with van der Waals surface area (Å²) in [6.07, 6.45) is 0.0487. The summed E-state index contributed by atoms with van der Waals surface area (Å²) in [7, 11) is 5.75. The van der Waals surface area contributed by atoms with E-state index in [0.29, 0.717) is 46.2 Å². The zero-order chi connectivity index (χ0) is 26.0. The quantitative estimate of drug-likeness (QED) is 0.458. The molecule has 3 atom stereocenters. The number of esters is 2. The molecule has 1 aromatic rings. The van der Waals surface area contributed by atoms with E-state index in [-0.39, 0.29) is 17.6 Å². The van der Waals surface area contributed by atoms with Gasteiger partial charge < -0.3 is 29.0 Å². The lowest BCUT2D eigenvalue weighted by Gasteiger charge is -2.38. The van der Waals surface area contributed by atoms with Crippen molar-refractivity contribution in [2.24, 2.45) is 11.8 Å². The van der Waals surface area contributed by atoms with E-state index in [2.05, 4.69) is 5.32 Å². The predicted octanol–water partition coefficient (Wildman–Crippen LogP) is 3.28. The molecule has 0 radical (unpaired) electrons. The van der Waals surface area contributed by atoms with Crippen molar-refractivity contribution in [1.82, 2.24) is 5.32 Å². The Morgan fingerprint density at radius 3 is 2.14 bits per heavy atom. The number of ketones is 1. The third-order valence-corrected chi connectivity index (χ3v) is 6.35. The molecule has 3 unspecified atom stereocenters. The minimum absolute atomic E-state index is 0.259. The molecule has 1 aliphatic carbocycles. The zero-order valence-electron chi connectivity index (χ0n) is 21.4. The molecule has 3 rings (SSSR count). The van der Waals surface area contributed by atoms with Crippen LogP contribution in [-0.4, -0.2) is 52.3 Å². The molecule has 0 aromatic heterocycles. The summed E-state index contributed by atoms with van der Waals surface area (Å²) in [4.78, 5) is 39.8. The first-order chi connectivity index (χ1) is 16.6. The number of hydrogen-bond donors (Lipinski definition) is 1. The average molecular weight is 488 g/mol. The van der Waals surface area contributed by atoms with Gasteiger partial charge in [-0.05, 0) is 39.2 Å². The third-order valence-electron chi connectivity index (χ3n) is 6.35. The predicted molar refractivity (Wildman–Crippen MR) is 127 cm³/mol. The van der Waals surface area contributed by atoms with Crippen molar-refractivity contribution in [3.05, 3.63) is 40.2 Å². The van der Waals surface area contributed by atoms with Crippen LogP contribution in [0.25, 0.3) is 0 Å². The van der Waals surface area contributed by atoms with Crippen molar-refractivity contribution in [1.29, 1.82) is 0 Å². The molecule has 0 amide bonds. The summed E-state index contributed by atoms with van der Waals surface area (Å²) >= 11 is 0.